The first kappa shape index (κ1) is 16.3. The van der Waals surface area contributed by atoms with E-state index in [4.69, 9.17) is 6.42 Å². The largest absolute Gasteiger partial charge is 0.467 e. The number of methoxy groups -OCH3 is 1. The number of terminal acetylenes is 1. The Balaban J connectivity index is 2.11. The van der Waals surface area contributed by atoms with E-state index in [0.29, 0.717) is 5.56 Å². The molecule has 4 nitrogen and oxygen atoms in total. The van der Waals surface area contributed by atoms with Crippen molar-refractivity contribution >= 4 is 11.9 Å². The van der Waals surface area contributed by atoms with Crippen LogP contribution in [-0.2, 0) is 9.53 Å². The number of carbonyl (C=O) groups excluding carboxylic acids is 2. The maximum atomic E-state index is 12.2. The predicted molar refractivity (Wildman–Crippen MR) is 88.6 cm³/mol. The Bertz CT molecular complexity index is 715. The molecule has 0 radical (unpaired) electrons. The van der Waals surface area contributed by atoms with Crippen LogP contribution >= 0.6 is 0 Å². The van der Waals surface area contributed by atoms with E-state index in [-0.39, 0.29) is 12.3 Å². The molecule has 0 saturated carbocycles. The summed E-state index contributed by atoms with van der Waals surface area (Å²) >= 11 is 0. The number of carbonyl (C=O) groups is 2. The first-order valence-electron chi connectivity index (χ1n) is 7.13. The maximum absolute atomic E-state index is 12.2. The highest BCUT2D eigenvalue weighted by Gasteiger charge is 2.21. The Kier molecular flexibility index (Phi) is 5.54. The Morgan fingerprint density at radius 3 is 2.26 bits per heavy atom. The quantitative estimate of drug-likeness (QED) is 0.682. The molecule has 0 heterocycles. The van der Waals surface area contributed by atoms with Gasteiger partial charge in [0, 0.05) is 12.0 Å². The van der Waals surface area contributed by atoms with Crippen molar-refractivity contribution < 1.29 is 14.3 Å². The minimum absolute atomic E-state index is 0.0838. The molecule has 0 spiro atoms. The lowest BCUT2D eigenvalue weighted by Crippen LogP contribution is -2.41. The number of amides is 1. The lowest BCUT2D eigenvalue weighted by atomic mass is 10.0. The summed E-state index contributed by atoms with van der Waals surface area (Å²) < 4.78 is 4.63. The number of benzene rings is 2. The normalized spacial score (nSPS) is 11.1. The monoisotopic (exact) mass is 307 g/mol. The first-order chi connectivity index (χ1) is 11.2. The van der Waals surface area contributed by atoms with Crippen LogP contribution in [0, 0.1) is 12.3 Å². The van der Waals surface area contributed by atoms with Crippen LogP contribution in [0.1, 0.15) is 16.8 Å². The van der Waals surface area contributed by atoms with Crippen molar-refractivity contribution in [1.29, 1.82) is 0 Å². The van der Waals surface area contributed by atoms with Gasteiger partial charge in [0.1, 0.15) is 6.04 Å². The van der Waals surface area contributed by atoms with Gasteiger partial charge in [0.05, 0.1) is 7.11 Å². The highest BCUT2D eigenvalue weighted by Crippen LogP contribution is 2.19. The van der Waals surface area contributed by atoms with E-state index in [1.807, 2.05) is 42.5 Å². The van der Waals surface area contributed by atoms with E-state index >= 15 is 0 Å². The molecule has 0 aliphatic carbocycles. The lowest BCUT2D eigenvalue weighted by molar-refractivity contribution is -0.142. The van der Waals surface area contributed by atoms with E-state index in [1.165, 1.54) is 7.11 Å². The summed E-state index contributed by atoms with van der Waals surface area (Å²) in [5.74, 6) is 1.43. The molecule has 2 aromatic rings. The maximum Gasteiger partial charge on any atom is 0.329 e. The van der Waals surface area contributed by atoms with E-state index < -0.39 is 12.0 Å². The fourth-order valence-electron chi connectivity index (χ4n) is 2.14. The zero-order valence-corrected chi connectivity index (χ0v) is 12.8. The minimum Gasteiger partial charge on any atom is -0.467 e. The first-order valence-corrected chi connectivity index (χ1v) is 7.13. The second kappa shape index (κ2) is 7.81. The third-order valence-electron chi connectivity index (χ3n) is 3.37. The standard InChI is InChI=1S/C19H17NO3/c1-3-7-17(19(22)23-2)20-18(21)16-12-10-15(11-13-16)14-8-5-4-6-9-14/h1,4-6,8-13,17H,7H2,2H3,(H,20,21)/t17-/m0/s1. The van der Waals surface area contributed by atoms with Crippen LogP contribution in [-0.4, -0.2) is 25.0 Å². The van der Waals surface area contributed by atoms with E-state index in [0.717, 1.165) is 11.1 Å². The zero-order valence-electron chi connectivity index (χ0n) is 12.8. The molecule has 0 aliphatic rings. The fraction of sp³-hybridized carbons (Fsp3) is 0.158. The lowest BCUT2D eigenvalue weighted by Gasteiger charge is -2.14. The van der Waals surface area contributed by atoms with Crippen molar-refractivity contribution in [2.24, 2.45) is 0 Å². The van der Waals surface area contributed by atoms with Gasteiger partial charge in [-0.2, -0.15) is 0 Å². The molecule has 0 unspecified atom stereocenters. The van der Waals surface area contributed by atoms with Crippen molar-refractivity contribution in [3.05, 3.63) is 60.2 Å². The van der Waals surface area contributed by atoms with Crippen LogP contribution < -0.4 is 5.32 Å². The van der Waals surface area contributed by atoms with E-state index in [1.54, 1.807) is 12.1 Å². The summed E-state index contributed by atoms with van der Waals surface area (Å²) in [6.45, 7) is 0. The summed E-state index contributed by atoms with van der Waals surface area (Å²) in [6, 6.07) is 16.1. The van der Waals surface area contributed by atoms with Crippen molar-refractivity contribution in [2.75, 3.05) is 7.11 Å². The van der Waals surface area contributed by atoms with Crippen LogP contribution in [0.25, 0.3) is 11.1 Å². The fourth-order valence-corrected chi connectivity index (χ4v) is 2.14. The molecule has 0 saturated heterocycles. The number of hydrogen-bond acceptors (Lipinski definition) is 3. The van der Waals surface area contributed by atoms with Crippen molar-refractivity contribution in [3.63, 3.8) is 0 Å². The van der Waals surface area contributed by atoms with Gasteiger partial charge < -0.3 is 10.1 Å². The van der Waals surface area contributed by atoms with Crippen molar-refractivity contribution in [3.8, 4) is 23.5 Å². The average Bonchev–Trinajstić information content (AvgIpc) is 2.61. The molecule has 0 bridgehead atoms. The van der Waals surface area contributed by atoms with Gasteiger partial charge in [-0.1, -0.05) is 42.5 Å². The second-order valence-corrected chi connectivity index (χ2v) is 4.90. The van der Waals surface area contributed by atoms with Gasteiger partial charge >= 0.3 is 5.97 Å². The molecule has 2 rings (SSSR count). The summed E-state index contributed by atoms with van der Waals surface area (Å²) in [4.78, 5) is 23.8. The summed E-state index contributed by atoms with van der Waals surface area (Å²) in [7, 11) is 1.26. The molecule has 0 fully saturated rings. The van der Waals surface area contributed by atoms with E-state index in [2.05, 4.69) is 16.0 Å². The summed E-state index contributed by atoms with van der Waals surface area (Å²) in [5, 5.41) is 2.59. The molecule has 1 N–H and O–H groups in total. The Morgan fingerprint density at radius 1 is 1.09 bits per heavy atom. The number of hydrogen-bond donors (Lipinski definition) is 1. The van der Waals surface area contributed by atoms with Gasteiger partial charge in [-0.25, -0.2) is 4.79 Å². The second-order valence-electron chi connectivity index (χ2n) is 4.90. The zero-order chi connectivity index (χ0) is 16.7. The van der Waals surface area contributed by atoms with Crippen LogP contribution in [0.3, 0.4) is 0 Å². The number of esters is 1. The number of rotatable bonds is 5. The van der Waals surface area contributed by atoms with Crippen molar-refractivity contribution in [2.45, 2.75) is 12.5 Å². The third-order valence-corrected chi connectivity index (χ3v) is 3.37. The molecule has 116 valence electrons. The smallest absolute Gasteiger partial charge is 0.329 e. The number of ether oxygens (including phenoxy) is 1. The van der Waals surface area contributed by atoms with Crippen LogP contribution in [0.15, 0.2) is 54.6 Å². The minimum atomic E-state index is -0.841. The molecule has 0 aliphatic heterocycles. The third kappa shape index (κ3) is 4.21. The average molecular weight is 307 g/mol. The summed E-state index contributed by atoms with van der Waals surface area (Å²) in [6.07, 6.45) is 5.30. The van der Waals surface area contributed by atoms with E-state index in [9.17, 15) is 9.59 Å². The summed E-state index contributed by atoms with van der Waals surface area (Å²) in [5.41, 5.74) is 2.53. The number of nitrogens with one attached hydrogen (secondary N) is 1. The molecule has 1 atom stereocenters. The van der Waals surface area contributed by atoms with Gasteiger partial charge in [0.25, 0.3) is 5.91 Å². The van der Waals surface area contributed by atoms with Crippen molar-refractivity contribution in [1.82, 2.24) is 5.32 Å². The van der Waals surface area contributed by atoms with Crippen LogP contribution in [0.2, 0.25) is 0 Å². The predicted octanol–water partition coefficient (Wildman–Crippen LogP) is 2.65. The highest BCUT2D eigenvalue weighted by molar-refractivity contribution is 5.97. The topological polar surface area (TPSA) is 55.4 Å². The molecule has 1 amide bonds. The molecule has 2 aromatic carbocycles. The molecule has 23 heavy (non-hydrogen) atoms. The van der Waals surface area contributed by atoms with Gasteiger partial charge in [-0.05, 0) is 23.3 Å². The Labute approximate surface area is 135 Å². The SMILES string of the molecule is C#CC[C@H](NC(=O)c1ccc(-c2ccccc2)cc1)C(=O)OC. The molecular formula is C19H17NO3. The Hall–Kier alpha value is -3.06. The molecule has 4 heteroatoms. The van der Waals surface area contributed by atoms with Gasteiger partial charge in [-0.3, -0.25) is 4.79 Å². The van der Waals surface area contributed by atoms with Gasteiger partial charge in [-0.15, -0.1) is 12.3 Å². The molecular weight excluding hydrogens is 290 g/mol. The van der Waals surface area contributed by atoms with Crippen LogP contribution in [0.4, 0.5) is 0 Å². The Morgan fingerprint density at radius 2 is 1.70 bits per heavy atom. The van der Waals surface area contributed by atoms with Gasteiger partial charge in [0.2, 0.25) is 0 Å². The highest BCUT2D eigenvalue weighted by atomic mass is 16.5. The van der Waals surface area contributed by atoms with Gasteiger partial charge in [0.15, 0.2) is 0 Å². The molecule has 0 aromatic heterocycles. The van der Waals surface area contributed by atoms with Crippen LogP contribution in [0.5, 0.6) is 0 Å².